The van der Waals surface area contributed by atoms with Crippen molar-refractivity contribution in [3.8, 4) is 11.5 Å². The van der Waals surface area contributed by atoms with Crippen molar-refractivity contribution < 1.29 is 20.1 Å². The SMILES string of the molecule is O=[N+]([O-])c1ccc(O)c(/C=N/c2ncc(Cc3cnc(/N=C/c4cc([N+](=O)[O-])ccc4O)s3)s2)c1. The summed E-state index contributed by atoms with van der Waals surface area (Å²) in [5.41, 5.74) is 0.0910. The quantitative estimate of drug-likeness (QED) is 0.190. The number of nitrogens with zero attached hydrogens (tertiary/aromatic N) is 6. The maximum Gasteiger partial charge on any atom is 0.270 e. The molecule has 12 nitrogen and oxygen atoms in total. The van der Waals surface area contributed by atoms with Gasteiger partial charge in [0.1, 0.15) is 11.5 Å². The molecule has 14 heteroatoms. The summed E-state index contributed by atoms with van der Waals surface area (Å²) in [6.07, 6.45) is 6.44. The molecule has 2 aromatic heterocycles. The fourth-order valence-corrected chi connectivity index (χ4v) is 4.46. The number of rotatable bonds is 8. The number of thiazole rings is 2. The van der Waals surface area contributed by atoms with Crippen LogP contribution in [0.3, 0.4) is 0 Å². The van der Waals surface area contributed by atoms with Crippen LogP contribution in [0.5, 0.6) is 11.5 Å². The van der Waals surface area contributed by atoms with Gasteiger partial charge in [-0.2, -0.15) is 0 Å². The fourth-order valence-electron chi connectivity index (χ4n) is 2.82. The van der Waals surface area contributed by atoms with E-state index in [9.17, 15) is 30.4 Å². The lowest BCUT2D eigenvalue weighted by Crippen LogP contribution is -1.90. The second kappa shape index (κ2) is 10.1. The Balaban J connectivity index is 1.43. The first-order valence-corrected chi connectivity index (χ1v) is 11.3. The van der Waals surface area contributed by atoms with E-state index < -0.39 is 9.85 Å². The minimum Gasteiger partial charge on any atom is -0.507 e. The van der Waals surface area contributed by atoms with Gasteiger partial charge >= 0.3 is 0 Å². The Hall–Kier alpha value is -4.56. The van der Waals surface area contributed by atoms with Crippen molar-refractivity contribution >= 4 is 56.7 Å². The van der Waals surface area contributed by atoms with E-state index in [-0.39, 0.29) is 34.0 Å². The van der Waals surface area contributed by atoms with E-state index in [1.807, 2.05) is 0 Å². The van der Waals surface area contributed by atoms with Gasteiger partial charge in [-0.1, -0.05) is 22.7 Å². The number of benzene rings is 2. The zero-order chi connectivity index (χ0) is 24.9. The minimum atomic E-state index is -0.557. The molecule has 0 aliphatic carbocycles. The van der Waals surface area contributed by atoms with Gasteiger partial charge in [0.25, 0.3) is 11.4 Å². The van der Waals surface area contributed by atoms with Gasteiger partial charge in [0, 0.05) is 76.4 Å². The molecule has 0 atom stereocenters. The van der Waals surface area contributed by atoms with E-state index >= 15 is 0 Å². The molecule has 0 unspecified atom stereocenters. The summed E-state index contributed by atoms with van der Waals surface area (Å²) in [5, 5.41) is 42.4. The van der Waals surface area contributed by atoms with E-state index in [2.05, 4.69) is 20.0 Å². The van der Waals surface area contributed by atoms with E-state index in [1.165, 1.54) is 71.5 Å². The number of hydrogen-bond acceptors (Lipinski definition) is 12. The summed E-state index contributed by atoms with van der Waals surface area (Å²) in [4.78, 5) is 39.3. The third kappa shape index (κ3) is 5.87. The average molecular weight is 511 g/mol. The first kappa shape index (κ1) is 23.6. The lowest BCUT2D eigenvalue weighted by molar-refractivity contribution is -0.385. The summed E-state index contributed by atoms with van der Waals surface area (Å²) in [6, 6.07) is 7.32. The van der Waals surface area contributed by atoms with Gasteiger partial charge in [-0.15, -0.1) is 0 Å². The molecule has 0 spiro atoms. The molecule has 0 aliphatic rings. The second-order valence-corrected chi connectivity index (χ2v) is 9.10. The van der Waals surface area contributed by atoms with Gasteiger partial charge in [-0.25, -0.2) is 20.0 Å². The Morgan fingerprint density at radius 1 is 0.800 bits per heavy atom. The number of non-ortho nitro benzene ring substituents is 2. The zero-order valence-corrected chi connectivity index (χ0v) is 19.1. The summed E-state index contributed by atoms with van der Waals surface area (Å²) in [5.74, 6) is -0.264. The number of phenols is 2. The van der Waals surface area contributed by atoms with E-state index in [0.717, 1.165) is 9.75 Å². The van der Waals surface area contributed by atoms with Gasteiger partial charge in [-0.05, 0) is 12.1 Å². The lowest BCUT2D eigenvalue weighted by atomic mass is 10.2. The highest BCUT2D eigenvalue weighted by Gasteiger charge is 2.11. The molecule has 0 bridgehead atoms. The van der Waals surface area contributed by atoms with Crippen molar-refractivity contribution in [2.75, 3.05) is 0 Å². The van der Waals surface area contributed by atoms with Crippen molar-refractivity contribution in [1.29, 1.82) is 0 Å². The third-order valence-electron chi connectivity index (χ3n) is 4.50. The summed E-state index contributed by atoms with van der Waals surface area (Å²) >= 11 is 2.62. The third-order valence-corrected chi connectivity index (χ3v) is 6.31. The Labute approximate surface area is 204 Å². The van der Waals surface area contributed by atoms with Crippen LogP contribution in [0.15, 0.2) is 58.8 Å². The van der Waals surface area contributed by atoms with Gasteiger partial charge < -0.3 is 10.2 Å². The first-order valence-electron chi connectivity index (χ1n) is 9.71. The van der Waals surface area contributed by atoms with Gasteiger partial charge in [-0.3, -0.25) is 20.2 Å². The van der Waals surface area contributed by atoms with Gasteiger partial charge in [0.2, 0.25) is 10.3 Å². The van der Waals surface area contributed by atoms with Crippen LogP contribution in [0.25, 0.3) is 0 Å². The number of aliphatic imine (C=N–C) groups is 2. The predicted octanol–water partition coefficient (Wildman–Crippen LogP) is 4.92. The molecule has 2 N–H and O–H groups in total. The maximum atomic E-state index is 10.9. The normalized spacial score (nSPS) is 11.4. The molecule has 0 fully saturated rings. The highest BCUT2D eigenvalue weighted by Crippen LogP contribution is 2.29. The number of nitro benzene ring substituents is 2. The van der Waals surface area contributed by atoms with Crippen LogP contribution in [0.2, 0.25) is 0 Å². The predicted molar refractivity (Wildman–Crippen MR) is 131 cm³/mol. The lowest BCUT2D eigenvalue weighted by Gasteiger charge is -1.97. The van der Waals surface area contributed by atoms with Crippen LogP contribution in [0, 0.1) is 20.2 Å². The molecule has 0 radical (unpaired) electrons. The minimum absolute atomic E-state index is 0.132. The highest BCUT2D eigenvalue weighted by atomic mass is 32.1. The van der Waals surface area contributed by atoms with Crippen molar-refractivity contribution in [3.63, 3.8) is 0 Å². The molecule has 0 saturated heterocycles. The van der Waals surface area contributed by atoms with Crippen molar-refractivity contribution in [2.45, 2.75) is 6.42 Å². The summed E-state index contributed by atoms with van der Waals surface area (Å²) in [6.45, 7) is 0. The van der Waals surface area contributed by atoms with Crippen LogP contribution in [-0.4, -0.2) is 42.5 Å². The number of aromatic nitrogens is 2. The van der Waals surface area contributed by atoms with E-state index in [4.69, 9.17) is 0 Å². The maximum absolute atomic E-state index is 10.9. The number of phenolic OH excluding ortho intramolecular Hbond substituents is 2. The molecule has 35 heavy (non-hydrogen) atoms. The van der Waals surface area contributed by atoms with E-state index in [1.54, 1.807) is 12.4 Å². The zero-order valence-electron chi connectivity index (χ0n) is 17.5. The van der Waals surface area contributed by atoms with Crippen molar-refractivity contribution in [3.05, 3.63) is 89.9 Å². The van der Waals surface area contributed by atoms with Crippen molar-refractivity contribution in [1.82, 2.24) is 9.97 Å². The van der Waals surface area contributed by atoms with Crippen LogP contribution >= 0.6 is 22.7 Å². The molecule has 0 aliphatic heterocycles. The number of hydrogen-bond donors (Lipinski definition) is 2. The molecule has 2 heterocycles. The molecule has 4 rings (SSSR count). The molecular formula is C21H14N6O6S2. The molecule has 0 saturated carbocycles. The summed E-state index contributed by atoms with van der Waals surface area (Å²) in [7, 11) is 0. The number of nitro groups is 2. The fraction of sp³-hybridized carbons (Fsp3) is 0.0476. The van der Waals surface area contributed by atoms with Crippen LogP contribution < -0.4 is 0 Å². The molecule has 2 aromatic carbocycles. The largest absolute Gasteiger partial charge is 0.507 e. The van der Waals surface area contributed by atoms with Crippen LogP contribution in [0.4, 0.5) is 21.6 Å². The van der Waals surface area contributed by atoms with Gasteiger partial charge in [0.05, 0.1) is 9.85 Å². The average Bonchev–Trinajstić information content (AvgIpc) is 3.47. The van der Waals surface area contributed by atoms with Crippen LogP contribution in [0.1, 0.15) is 20.9 Å². The molecule has 4 aromatic rings. The Kier molecular flexibility index (Phi) is 6.84. The van der Waals surface area contributed by atoms with Gasteiger partial charge in [0.15, 0.2) is 0 Å². The number of aromatic hydroxyl groups is 2. The highest BCUT2D eigenvalue weighted by molar-refractivity contribution is 7.16. The Morgan fingerprint density at radius 2 is 1.23 bits per heavy atom. The smallest absolute Gasteiger partial charge is 0.270 e. The first-order chi connectivity index (χ1) is 16.8. The topological polar surface area (TPSA) is 177 Å². The second-order valence-electron chi connectivity index (χ2n) is 6.91. The molecule has 0 amide bonds. The Bertz CT molecular complexity index is 1370. The van der Waals surface area contributed by atoms with Crippen molar-refractivity contribution in [2.24, 2.45) is 9.98 Å². The van der Waals surface area contributed by atoms with E-state index in [0.29, 0.717) is 16.7 Å². The molecular weight excluding hydrogens is 496 g/mol. The van der Waals surface area contributed by atoms with Crippen LogP contribution in [-0.2, 0) is 6.42 Å². The Morgan fingerprint density at radius 3 is 1.63 bits per heavy atom. The standard InChI is InChI=1S/C21H14N6O6S2/c28-18-3-1-14(26(30)31)5-12(18)8-22-20-24-10-16(34-20)7-17-11-25-21(35-17)23-9-13-6-15(27(32)33)2-4-19(13)29/h1-6,8-11,28-29H,7H2/b22-8+,23-9+. The monoisotopic (exact) mass is 510 g/mol. The molecule has 176 valence electrons. The summed E-state index contributed by atoms with van der Waals surface area (Å²) < 4.78 is 0.